The molecule has 0 aliphatic heterocycles. The molecule has 1 heterocycles. The Morgan fingerprint density at radius 3 is 2.79 bits per heavy atom. The summed E-state index contributed by atoms with van der Waals surface area (Å²) in [5.74, 6) is -0.125. The molecule has 1 aromatic heterocycles. The maximum Gasteiger partial charge on any atom is 0.344 e. The highest BCUT2D eigenvalue weighted by Gasteiger charge is 2.26. The number of carbonyl (C=O) groups is 2. The summed E-state index contributed by atoms with van der Waals surface area (Å²) < 4.78 is 12.0. The van der Waals surface area contributed by atoms with E-state index in [2.05, 4.69) is 14.6 Å². The lowest BCUT2D eigenvalue weighted by atomic mass is 10.1. The molecule has 6 heteroatoms. The van der Waals surface area contributed by atoms with Gasteiger partial charge in [-0.3, -0.25) is 4.79 Å². The first-order valence-electron chi connectivity index (χ1n) is 9.36. The molecule has 1 aromatic carbocycles. The van der Waals surface area contributed by atoms with Crippen LogP contribution in [-0.4, -0.2) is 30.1 Å². The summed E-state index contributed by atoms with van der Waals surface area (Å²) in [5.41, 5.74) is 2.63. The van der Waals surface area contributed by atoms with Crippen LogP contribution in [0, 0.1) is 19.5 Å². The van der Waals surface area contributed by atoms with E-state index in [1.165, 1.54) is 25.0 Å². The van der Waals surface area contributed by atoms with Gasteiger partial charge < -0.3 is 19.4 Å². The average molecular weight is 380 g/mol. The molecule has 1 aliphatic carbocycles. The van der Waals surface area contributed by atoms with E-state index in [4.69, 9.17) is 11.2 Å². The van der Waals surface area contributed by atoms with Gasteiger partial charge >= 0.3 is 5.97 Å². The van der Waals surface area contributed by atoms with Gasteiger partial charge in [0, 0.05) is 35.3 Å². The third-order valence-corrected chi connectivity index (χ3v) is 5.17. The van der Waals surface area contributed by atoms with Gasteiger partial charge in [-0.2, -0.15) is 0 Å². The minimum Gasteiger partial charge on any atom is -0.497 e. The zero-order valence-electron chi connectivity index (χ0n) is 16.2. The number of esters is 1. The second-order valence-electron chi connectivity index (χ2n) is 6.80. The van der Waals surface area contributed by atoms with Crippen molar-refractivity contribution in [1.82, 2.24) is 9.88 Å². The highest BCUT2D eigenvalue weighted by molar-refractivity contribution is 6.09. The van der Waals surface area contributed by atoms with E-state index in [1.807, 2.05) is 31.2 Å². The van der Waals surface area contributed by atoms with Crippen LogP contribution in [0.1, 0.15) is 47.8 Å². The van der Waals surface area contributed by atoms with Crippen molar-refractivity contribution in [2.75, 3.05) is 13.7 Å². The van der Waals surface area contributed by atoms with Gasteiger partial charge in [-0.15, -0.1) is 0 Å². The lowest BCUT2D eigenvalue weighted by molar-refractivity contribution is -0.131. The van der Waals surface area contributed by atoms with Crippen molar-refractivity contribution in [3.8, 4) is 18.3 Å². The van der Waals surface area contributed by atoms with Crippen molar-refractivity contribution in [1.29, 1.82) is 0 Å². The molecule has 1 aliphatic rings. The van der Waals surface area contributed by atoms with E-state index >= 15 is 0 Å². The molecule has 0 unspecified atom stereocenters. The van der Waals surface area contributed by atoms with Crippen LogP contribution in [0.25, 0.3) is 10.9 Å². The van der Waals surface area contributed by atoms with Crippen LogP contribution in [0.3, 0.4) is 0 Å². The Kier molecular flexibility index (Phi) is 6.05. The van der Waals surface area contributed by atoms with E-state index in [1.54, 1.807) is 7.11 Å². The number of hydrogen-bond donors (Lipinski definition) is 1. The monoisotopic (exact) mass is 380 g/mol. The molecular formula is C22H24N2O4. The highest BCUT2D eigenvalue weighted by atomic mass is 16.5. The molecule has 3 rings (SSSR count). The predicted octanol–water partition coefficient (Wildman–Crippen LogP) is 3.49. The summed E-state index contributed by atoms with van der Waals surface area (Å²) in [6, 6.07) is 6.26. The average Bonchev–Trinajstić information content (AvgIpc) is 3.30. The molecule has 0 saturated heterocycles. The Balaban J connectivity index is 1.90. The number of nitrogens with zero attached hydrogens (tertiary/aromatic N) is 1. The van der Waals surface area contributed by atoms with Crippen LogP contribution in [-0.2, 0) is 9.53 Å². The van der Waals surface area contributed by atoms with Crippen molar-refractivity contribution in [3.05, 3.63) is 41.6 Å². The maximum absolute atomic E-state index is 12.9. The van der Waals surface area contributed by atoms with Crippen molar-refractivity contribution >= 4 is 22.8 Å². The third-order valence-electron chi connectivity index (χ3n) is 5.17. The first-order chi connectivity index (χ1) is 13.6. The van der Waals surface area contributed by atoms with Crippen LogP contribution >= 0.6 is 0 Å². The molecule has 0 radical (unpaired) electrons. The van der Waals surface area contributed by atoms with Crippen molar-refractivity contribution < 1.29 is 19.1 Å². The topological polar surface area (TPSA) is 69.6 Å². The molecule has 1 amide bonds. The molecule has 0 bridgehead atoms. The van der Waals surface area contributed by atoms with Crippen LogP contribution < -0.4 is 10.1 Å². The number of methoxy groups -OCH3 is 1. The summed E-state index contributed by atoms with van der Waals surface area (Å²) in [6.45, 7) is 2.18. The fourth-order valence-corrected chi connectivity index (χ4v) is 3.96. The first-order valence-corrected chi connectivity index (χ1v) is 9.36. The molecule has 28 heavy (non-hydrogen) atoms. The zero-order valence-corrected chi connectivity index (χ0v) is 16.2. The lowest BCUT2D eigenvalue weighted by Gasteiger charge is -2.16. The Morgan fingerprint density at radius 1 is 1.36 bits per heavy atom. The Bertz CT molecular complexity index is 959. The van der Waals surface area contributed by atoms with Crippen molar-refractivity contribution in [2.24, 2.45) is 0 Å². The number of nitrogens with one attached hydrogen (secondary N) is 1. The molecule has 0 spiro atoms. The maximum atomic E-state index is 12.9. The SMILES string of the molecule is C#COC(=O)/C=C/CNC(=O)c1c(C)n(C2CCCC2)c2ccc(OC)cc12. The Hall–Kier alpha value is -3.20. The summed E-state index contributed by atoms with van der Waals surface area (Å²) in [6.07, 6.45) is 14.1. The molecule has 0 atom stereocenters. The minimum atomic E-state index is -0.643. The predicted molar refractivity (Wildman–Crippen MR) is 107 cm³/mol. The molecule has 6 nitrogen and oxygen atoms in total. The third kappa shape index (κ3) is 3.89. The van der Waals surface area contributed by atoms with E-state index in [0.29, 0.717) is 17.4 Å². The van der Waals surface area contributed by atoms with Crippen LogP contribution in [0.2, 0.25) is 0 Å². The number of ether oxygens (including phenoxy) is 2. The number of rotatable bonds is 6. The summed E-state index contributed by atoms with van der Waals surface area (Å²) in [7, 11) is 1.61. The van der Waals surface area contributed by atoms with Gasteiger partial charge in [-0.05, 0) is 38.0 Å². The van der Waals surface area contributed by atoms with Crippen LogP contribution in [0.15, 0.2) is 30.4 Å². The number of carbonyl (C=O) groups excluding carboxylic acids is 2. The van der Waals surface area contributed by atoms with Gasteiger partial charge in [-0.25, -0.2) is 4.79 Å². The number of amides is 1. The standard InChI is InChI=1S/C22H24N2O4/c1-4-28-20(25)10-7-13-23-22(26)21-15(2)24(16-8-5-6-9-16)19-12-11-17(27-3)14-18(19)21/h1,7,10-12,14,16H,5-6,8-9,13H2,2-3H3,(H,23,26)/b10-7+. The second-order valence-corrected chi connectivity index (χ2v) is 6.80. The molecule has 1 saturated carbocycles. The zero-order chi connectivity index (χ0) is 20.1. The Morgan fingerprint density at radius 2 is 2.11 bits per heavy atom. The fourth-order valence-electron chi connectivity index (χ4n) is 3.96. The van der Waals surface area contributed by atoms with Crippen molar-refractivity contribution in [3.63, 3.8) is 0 Å². The molecule has 1 fully saturated rings. The number of terminal acetylenes is 1. The van der Waals surface area contributed by atoms with E-state index < -0.39 is 5.97 Å². The van der Waals surface area contributed by atoms with Gasteiger partial charge in [0.15, 0.2) is 0 Å². The summed E-state index contributed by atoms with van der Waals surface area (Å²) in [5, 5.41) is 3.70. The summed E-state index contributed by atoms with van der Waals surface area (Å²) in [4.78, 5) is 24.2. The normalized spacial score (nSPS) is 14.3. The lowest BCUT2D eigenvalue weighted by Crippen LogP contribution is -2.24. The van der Waals surface area contributed by atoms with Crippen molar-refractivity contribution in [2.45, 2.75) is 38.6 Å². The number of benzene rings is 1. The minimum absolute atomic E-state index is 0.192. The number of fused-ring (bicyclic) bond motifs is 1. The first kappa shape index (κ1) is 19.6. The summed E-state index contributed by atoms with van der Waals surface area (Å²) >= 11 is 0. The number of hydrogen-bond acceptors (Lipinski definition) is 4. The van der Waals surface area contributed by atoms with E-state index in [-0.39, 0.29) is 12.5 Å². The van der Waals surface area contributed by atoms with Gasteiger partial charge in [-0.1, -0.05) is 25.3 Å². The van der Waals surface area contributed by atoms with Gasteiger partial charge in [0.1, 0.15) is 11.9 Å². The molecule has 146 valence electrons. The van der Waals surface area contributed by atoms with Gasteiger partial charge in [0.2, 0.25) is 0 Å². The highest BCUT2D eigenvalue weighted by Crippen LogP contribution is 2.38. The second kappa shape index (κ2) is 8.66. The Labute approximate surface area is 164 Å². The number of aromatic nitrogens is 1. The smallest absolute Gasteiger partial charge is 0.344 e. The molecular weight excluding hydrogens is 356 g/mol. The van der Waals surface area contributed by atoms with Gasteiger partial charge in [0.25, 0.3) is 5.91 Å². The van der Waals surface area contributed by atoms with E-state index in [9.17, 15) is 9.59 Å². The van der Waals surface area contributed by atoms with Crippen LogP contribution in [0.4, 0.5) is 0 Å². The quantitative estimate of drug-likeness (QED) is 0.473. The molecule has 2 aromatic rings. The van der Waals surface area contributed by atoms with Gasteiger partial charge in [0.05, 0.1) is 12.7 Å². The van der Waals surface area contributed by atoms with E-state index in [0.717, 1.165) is 29.4 Å². The molecule has 1 N–H and O–H groups in total. The van der Waals surface area contributed by atoms with Crippen LogP contribution in [0.5, 0.6) is 5.75 Å². The fraction of sp³-hybridized carbons (Fsp3) is 0.364. The largest absolute Gasteiger partial charge is 0.497 e.